The topological polar surface area (TPSA) is 120 Å². The SMILES string of the molecule is N#CC1CCCC(S(=O)(=O)N2C[C@H](CO)OC3CCC(NC(=O)CC4CCC(Cl)CC4)CC32)C1. The van der Waals surface area contributed by atoms with E-state index < -0.39 is 21.4 Å². The number of amides is 1. The third kappa shape index (κ3) is 6.07. The Bertz CT molecular complexity index is 857. The molecule has 10 heteroatoms. The number of carbonyl (C=O) groups is 1. The highest BCUT2D eigenvalue weighted by molar-refractivity contribution is 7.89. The summed E-state index contributed by atoms with van der Waals surface area (Å²) in [4.78, 5) is 12.7. The van der Waals surface area contributed by atoms with Gasteiger partial charge in [0.05, 0.1) is 36.2 Å². The van der Waals surface area contributed by atoms with Gasteiger partial charge < -0.3 is 15.2 Å². The number of nitrogens with one attached hydrogen (secondary N) is 1. The third-order valence-corrected chi connectivity index (χ3v) is 11.0. The number of fused-ring (bicyclic) bond motifs is 1. The zero-order valence-electron chi connectivity index (χ0n) is 19.8. The van der Waals surface area contributed by atoms with Crippen LogP contribution < -0.4 is 5.32 Å². The number of aliphatic hydroxyl groups is 1. The van der Waals surface area contributed by atoms with Gasteiger partial charge in [0.25, 0.3) is 0 Å². The molecule has 34 heavy (non-hydrogen) atoms. The van der Waals surface area contributed by atoms with Gasteiger partial charge in [0, 0.05) is 30.3 Å². The number of aliphatic hydroxyl groups excluding tert-OH is 1. The van der Waals surface area contributed by atoms with Crippen LogP contribution >= 0.6 is 11.6 Å². The van der Waals surface area contributed by atoms with Gasteiger partial charge in [-0.15, -0.1) is 11.6 Å². The van der Waals surface area contributed by atoms with Crippen LogP contribution in [0.15, 0.2) is 0 Å². The van der Waals surface area contributed by atoms with Gasteiger partial charge in [-0.25, -0.2) is 8.42 Å². The van der Waals surface area contributed by atoms with Crippen molar-refractivity contribution in [3.05, 3.63) is 0 Å². The monoisotopic (exact) mass is 515 g/mol. The number of nitrogens with zero attached hydrogens (tertiary/aromatic N) is 2. The second-order valence-electron chi connectivity index (χ2n) is 10.7. The van der Waals surface area contributed by atoms with Crippen LogP contribution in [-0.4, -0.2) is 71.8 Å². The lowest BCUT2D eigenvalue weighted by Gasteiger charge is -2.48. The van der Waals surface area contributed by atoms with E-state index in [2.05, 4.69) is 11.4 Å². The molecule has 0 spiro atoms. The van der Waals surface area contributed by atoms with Crippen molar-refractivity contribution in [3.8, 4) is 6.07 Å². The molecule has 1 saturated heterocycles. The van der Waals surface area contributed by atoms with Crippen molar-refractivity contribution >= 4 is 27.5 Å². The van der Waals surface area contributed by atoms with E-state index in [0.717, 1.165) is 44.9 Å². The predicted molar refractivity (Wildman–Crippen MR) is 129 cm³/mol. The standard InChI is InChI=1S/C24H38ClN3O5S/c25-18-6-4-16(5-7-18)11-24(30)27-19-8-9-23-22(12-19)28(14-20(15-29)33-23)34(31,32)21-3-1-2-17(10-21)13-26/h16-23,29H,1-12,14-15H2,(H,27,30)/t16?,17?,18?,19?,20-,21?,22?,23?/m1/s1. The van der Waals surface area contributed by atoms with Gasteiger partial charge in [-0.1, -0.05) is 6.42 Å². The van der Waals surface area contributed by atoms with Gasteiger partial charge in [-0.05, 0) is 70.1 Å². The first kappa shape index (κ1) is 26.2. The van der Waals surface area contributed by atoms with Gasteiger partial charge in [-0.3, -0.25) is 4.79 Å². The third-order valence-electron chi connectivity index (χ3n) is 8.25. The van der Waals surface area contributed by atoms with Crippen molar-refractivity contribution in [1.82, 2.24) is 9.62 Å². The smallest absolute Gasteiger partial charge is 0.220 e. The summed E-state index contributed by atoms with van der Waals surface area (Å²) < 4.78 is 35.0. The summed E-state index contributed by atoms with van der Waals surface area (Å²) in [7, 11) is -3.66. The minimum atomic E-state index is -3.66. The first-order valence-corrected chi connectivity index (χ1v) is 14.8. The summed E-state index contributed by atoms with van der Waals surface area (Å²) in [5.41, 5.74) is 0. The Morgan fingerprint density at radius 1 is 1.12 bits per heavy atom. The first-order chi connectivity index (χ1) is 16.3. The number of carbonyl (C=O) groups excluding carboxylic acids is 1. The van der Waals surface area contributed by atoms with Gasteiger partial charge >= 0.3 is 0 Å². The molecule has 0 bridgehead atoms. The summed E-state index contributed by atoms with van der Waals surface area (Å²) in [6.07, 6.45) is 7.81. The molecule has 0 aromatic carbocycles. The molecule has 0 radical (unpaired) electrons. The molecule has 1 aliphatic heterocycles. The fourth-order valence-electron chi connectivity index (χ4n) is 6.33. The molecule has 3 saturated carbocycles. The summed E-state index contributed by atoms with van der Waals surface area (Å²) in [5.74, 6) is 0.169. The molecule has 3 aliphatic carbocycles. The molecule has 8 nitrogen and oxygen atoms in total. The zero-order chi connectivity index (χ0) is 24.3. The fraction of sp³-hybridized carbons (Fsp3) is 0.917. The van der Waals surface area contributed by atoms with E-state index in [4.69, 9.17) is 16.3 Å². The van der Waals surface area contributed by atoms with Crippen molar-refractivity contribution in [2.45, 2.75) is 112 Å². The van der Waals surface area contributed by atoms with Crippen LogP contribution in [0.1, 0.15) is 77.0 Å². The van der Waals surface area contributed by atoms with Gasteiger partial charge in [0.1, 0.15) is 0 Å². The summed E-state index contributed by atoms with van der Waals surface area (Å²) in [6.45, 7) is -0.110. The van der Waals surface area contributed by atoms with E-state index in [0.29, 0.717) is 38.0 Å². The lowest BCUT2D eigenvalue weighted by atomic mass is 9.85. The number of halogens is 1. The molecule has 192 valence electrons. The Morgan fingerprint density at radius 2 is 1.88 bits per heavy atom. The highest BCUT2D eigenvalue weighted by Gasteiger charge is 2.48. The molecule has 0 aromatic heterocycles. The molecular formula is C24H38ClN3O5S. The van der Waals surface area contributed by atoms with Crippen LogP contribution in [0.25, 0.3) is 0 Å². The number of hydrogen-bond acceptors (Lipinski definition) is 6. The van der Waals surface area contributed by atoms with Crippen molar-refractivity contribution in [2.75, 3.05) is 13.2 Å². The van der Waals surface area contributed by atoms with E-state index >= 15 is 0 Å². The van der Waals surface area contributed by atoms with Crippen LogP contribution in [0, 0.1) is 23.2 Å². The highest BCUT2D eigenvalue weighted by atomic mass is 35.5. The summed E-state index contributed by atoms with van der Waals surface area (Å²) in [5, 5.41) is 21.9. The van der Waals surface area contributed by atoms with E-state index in [9.17, 15) is 23.6 Å². The minimum absolute atomic E-state index is 0.0324. The fourth-order valence-corrected chi connectivity index (χ4v) is 8.88. The Kier molecular flexibility index (Phi) is 8.79. The molecule has 4 rings (SSSR count). The van der Waals surface area contributed by atoms with E-state index in [1.54, 1.807) is 4.31 Å². The largest absolute Gasteiger partial charge is 0.394 e. The summed E-state index contributed by atoms with van der Waals surface area (Å²) in [6, 6.07) is 1.79. The molecule has 4 aliphatic rings. The van der Waals surface area contributed by atoms with Gasteiger partial charge in [-0.2, -0.15) is 9.57 Å². The maximum Gasteiger partial charge on any atom is 0.220 e. The number of alkyl halides is 1. The molecule has 2 N–H and O–H groups in total. The second kappa shape index (κ2) is 11.4. The Morgan fingerprint density at radius 3 is 2.59 bits per heavy atom. The van der Waals surface area contributed by atoms with Crippen LogP contribution in [0.3, 0.4) is 0 Å². The number of morpholine rings is 1. The normalized spacial score (nSPS) is 39.6. The molecule has 4 fully saturated rings. The van der Waals surface area contributed by atoms with Crippen LogP contribution in [0.5, 0.6) is 0 Å². The number of nitriles is 1. The molecule has 0 aromatic rings. The molecule has 1 amide bonds. The van der Waals surface area contributed by atoms with Crippen molar-refractivity contribution in [2.24, 2.45) is 11.8 Å². The average Bonchev–Trinajstić information content (AvgIpc) is 2.84. The van der Waals surface area contributed by atoms with E-state index in [-0.39, 0.29) is 48.5 Å². The lowest BCUT2D eigenvalue weighted by Crippen LogP contribution is -2.62. The van der Waals surface area contributed by atoms with Crippen LogP contribution in [-0.2, 0) is 19.6 Å². The second-order valence-corrected chi connectivity index (χ2v) is 13.5. The number of rotatable bonds is 6. The van der Waals surface area contributed by atoms with Gasteiger partial charge in [0.15, 0.2) is 0 Å². The van der Waals surface area contributed by atoms with Crippen LogP contribution in [0.2, 0.25) is 0 Å². The Balaban J connectivity index is 1.42. The average molecular weight is 516 g/mol. The Hall–Kier alpha value is -0.920. The Labute approximate surface area is 208 Å². The van der Waals surface area contributed by atoms with Crippen molar-refractivity contribution < 1.29 is 23.1 Å². The molecule has 6 atom stereocenters. The number of hydrogen-bond donors (Lipinski definition) is 2. The number of ether oxygens (including phenoxy) is 1. The van der Waals surface area contributed by atoms with Crippen LogP contribution in [0.4, 0.5) is 0 Å². The van der Waals surface area contributed by atoms with Gasteiger partial charge in [0.2, 0.25) is 15.9 Å². The maximum absolute atomic E-state index is 13.7. The lowest BCUT2D eigenvalue weighted by molar-refractivity contribution is -0.132. The zero-order valence-corrected chi connectivity index (χ0v) is 21.4. The maximum atomic E-state index is 13.7. The highest BCUT2D eigenvalue weighted by Crippen LogP contribution is 2.37. The minimum Gasteiger partial charge on any atom is -0.394 e. The first-order valence-electron chi connectivity index (χ1n) is 12.9. The van der Waals surface area contributed by atoms with Crippen molar-refractivity contribution in [1.29, 1.82) is 5.26 Å². The number of sulfonamides is 1. The van der Waals surface area contributed by atoms with E-state index in [1.807, 2.05) is 0 Å². The molecular weight excluding hydrogens is 478 g/mol. The summed E-state index contributed by atoms with van der Waals surface area (Å²) >= 11 is 6.18. The quantitative estimate of drug-likeness (QED) is 0.525. The molecule has 1 heterocycles. The van der Waals surface area contributed by atoms with Crippen molar-refractivity contribution in [3.63, 3.8) is 0 Å². The molecule has 5 unspecified atom stereocenters. The predicted octanol–water partition coefficient (Wildman–Crippen LogP) is 2.69. The van der Waals surface area contributed by atoms with E-state index in [1.165, 1.54) is 0 Å².